The minimum absolute atomic E-state index is 0.132. The highest BCUT2D eigenvalue weighted by molar-refractivity contribution is 6.31. The topological polar surface area (TPSA) is 83.3 Å². The Morgan fingerprint density at radius 2 is 2.12 bits per heavy atom. The number of fused-ring (bicyclic) bond motifs is 3. The fourth-order valence-corrected chi connectivity index (χ4v) is 2.71. The van der Waals surface area contributed by atoms with Crippen LogP contribution in [0.1, 0.15) is 5.56 Å². The number of aromatic nitrogens is 3. The number of hydrogen-bond acceptors (Lipinski definition) is 4. The SMILES string of the molecule is O=c1c2[nH]c3ccc(Cl)cc3c2ncn1/N=C/c1cccc(O)c1. The summed E-state index contributed by atoms with van der Waals surface area (Å²) in [5.41, 5.74) is 2.06. The molecule has 6 nitrogen and oxygen atoms in total. The number of hydrogen-bond donors (Lipinski definition) is 2. The zero-order chi connectivity index (χ0) is 16.7. The summed E-state index contributed by atoms with van der Waals surface area (Å²) < 4.78 is 1.14. The van der Waals surface area contributed by atoms with Gasteiger partial charge in [-0.05, 0) is 35.9 Å². The summed E-state index contributed by atoms with van der Waals surface area (Å²) in [6.45, 7) is 0. The molecule has 24 heavy (non-hydrogen) atoms. The number of aromatic hydroxyl groups is 1. The molecule has 0 saturated carbocycles. The van der Waals surface area contributed by atoms with Crippen molar-refractivity contribution in [2.45, 2.75) is 0 Å². The van der Waals surface area contributed by atoms with Crippen molar-refractivity contribution in [2.75, 3.05) is 0 Å². The van der Waals surface area contributed by atoms with Crippen molar-refractivity contribution in [1.29, 1.82) is 0 Å². The van der Waals surface area contributed by atoms with Crippen LogP contribution in [0.3, 0.4) is 0 Å². The third kappa shape index (κ3) is 2.43. The van der Waals surface area contributed by atoms with Crippen LogP contribution in [-0.4, -0.2) is 26.0 Å². The van der Waals surface area contributed by atoms with Crippen molar-refractivity contribution in [1.82, 2.24) is 14.6 Å². The van der Waals surface area contributed by atoms with E-state index in [9.17, 15) is 9.90 Å². The molecule has 4 aromatic rings. The molecule has 2 heterocycles. The molecule has 0 fully saturated rings. The fourth-order valence-electron chi connectivity index (χ4n) is 2.53. The Kier molecular flexibility index (Phi) is 3.32. The summed E-state index contributed by atoms with van der Waals surface area (Å²) in [5, 5.41) is 14.9. The minimum Gasteiger partial charge on any atom is -0.508 e. The summed E-state index contributed by atoms with van der Waals surface area (Å²) in [4.78, 5) is 19.9. The third-order valence-corrected chi connectivity index (χ3v) is 3.89. The first-order valence-corrected chi connectivity index (χ1v) is 7.51. The summed E-state index contributed by atoms with van der Waals surface area (Å²) in [5.74, 6) is 0.132. The van der Waals surface area contributed by atoms with Gasteiger partial charge in [-0.3, -0.25) is 4.79 Å². The first-order valence-electron chi connectivity index (χ1n) is 7.14. The summed E-state index contributed by atoms with van der Waals surface area (Å²) in [7, 11) is 0. The minimum atomic E-state index is -0.316. The molecule has 0 radical (unpaired) electrons. The van der Waals surface area contributed by atoms with Crippen LogP contribution in [0.25, 0.3) is 21.9 Å². The molecule has 2 aromatic heterocycles. The zero-order valence-corrected chi connectivity index (χ0v) is 13.0. The van der Waals surface area contributed by atoms with Crippen LogP contribution >= 0.6 is 11.6 Å². The molecule has 0 saturated heterocycles. The van der Waals surface area contributed by atoms with E-state index < -0.39 is 0 Å². The third-order valence-electron chi connectivity index (χ3n) is 3.65. The highest BCUT2D eigenvalue weighted by atomic mass is 35.5. The van der Waals surface area contributed by atoms with E-state index in [1.54, 1.807) is 42.5 Å². The number of aromatic amines is 1. The molecule has 0 aliphatic heterocycles. The zero-order valence-electron chi connectivity index (χ0n) is 12.3. The van der Waals surface area contributed by atoms with Gasteiger partial charge in [-0.25, -0.2) is 4.98 Å². The second kappa shape index (κ2) is 5.50. The monoisotopic (exact) mass is 338 g/mol. The average molecular weight is 339 g/mol. The molecule has 7 heteroatoms. The Balaban J connectivity index is 1.84. The lowest BCUT2D eigenvalue weighted by Crippen LogP contribution is -2.17. The first kappa shape index (κ1) is 14.5. The molecule has 118 valence electrons. The maximum Gasteiger partial charge on any atom is 0.298 e. The predicted octanol–water partition coefficient (Wildman–Crippen LogP) is 3.12. The number of benzene rings is 2. The van der Waals surface area contributed by atoms with Gasteiger partial charge in [-0.1, -0.05) is 23.7 Å². The van der Waals surface area contributed by atoms with Gasteiger partial charge in [-0.2, -0.15) is 9.78 Å². The van der Waals surface area contributed by atoms with Crippen molar-refractivity contribution in [3.63, 3.8) is 0 Å². The molecule has 2 N–H and O–H groups in total. The quantitative estimate of drug-likeness (QED) is 0.551. The number of phenolic OH excluding ortho intramolecular Hbond substituents is 1. The van der Waals surface area contributed by atoms with Gasteiger partial charge in [0, 0.05) is 15.9 Å². The van der Waals surface area contributed by atoms with E-state index in [2.05, 4.69) is 15.1 Å². The molecule has 0 spiro atoms. The summed E-state index contributed by atoms with van der Waals surface area (Å²) >= 11 is 6.01. The second-order valence-electron chi connectivity index (χ2n) is 5.27. The molecular formula is C17H11ClN4O2. The van der Waals surface area contributed by atoms with Crippen LogP contribution in [0.15, 0.2) is 58.7 Å². The van der Waals surface area contributed by atoms with Crippen LogP contribution in [0, 0.1) is 0 Å². The molecule has 4 rings (SSSR count). The molecule has 0 atom stereocenters. The lowest BCUT2D eigenvalue weighted by Gasteiger charge is -1.98. The van der Waals surface area contributed by atoms with Crippen molar-refractivity contribution < 1.29 is 5.11 Å². The van der Waals surface area contributed by atoms with Gasteiger partial charge in [0.15, 0.2) is 0 Å². The Bertz CT molecular complexity index is 1160. The lowest BCUT2D eigenvalue weighted by atomic mass is 10.2. The van der Waals surface area contributed by atoms with Crippen molar-refractivity contribution in [2.24, 2.45) is 5.10 Å². The molecule has 0 unspecified atom stereocenters. The maximum absolute atomic E-state index is 12.6. The molecular weight excluding hydrogens is 328 g/mol. The Labute approximate surface area is 140 Å². The normalized spacial score (nSPS) is 11.7. The lowest BCUT2D eigenvalue weighted by molar-refractivity contribution is 0.475. The van der Waals surface area contributed by atoms with Crippen molar-refractivity contribution in [3.8, 4) is 5.75 Å². The van der Waals surface area contributed by atoms with Gasteiger partial charge >= 0.3 is 0 Å². The van der Waals surface area contributed by atoms with Crippen LogP contribution in [0.5, 0.6) is 5.75 Å². The summed E-state index contributed by atoms with van der Waals surface area (Å²) in [6.07, 6.45) is 2.84. The highest BCUT2D eigenvalue weighted by Crippen LogP contribution is 2.24. The van der Waals surface area contributed by atoms with E-state index in [-0.39, 0.29) is 11.3 Å². The maximum atomic E-state index is 12.6. The average Bonchev–Trinajstić information content (AvgIpc) is 2.93. The Morgan fingerprint density at radius 1 is 1.25 bits per heavy atom. The number of nitrogens with one attached hydrogen (secondary N) is 1. The van der Waals surface area contributed by atoms with Gasteiger partial charge < -0.3 is 10.1 Å². The van der Waals surface area contributed by atoms with Crippen LogP contribution in [0.2, 0.25) is 5.02 Å². The standard InChI is InChI=1S/C17H11ClN4O2/c18-11-4-5-14-13(7-11)15-16(21-14)17(24)22(9-19-15)20-8-10-2-1-3-12(23)6-10/h1-9,21,23H/b20-8+. The smallest absolute Gasteiger partial charge is 0.298 e. The van der Waals surface area contributed by atoms with E-state index in [1.165, 1.54) is 12.5 Å². The van der Waals surface area contributed by atoms with Crippen LogP contribution in [-0.2, 0) is 0 Å². The van der Waals surface area contributed by atoms with E-state index in [0.29, 0.717) is 21.6 Å². The van der Waals surface area contributed by atoms with Crippen molar-refractivity contribution in [3.05, 3.63) is 69.7 Å². The molecule has 0 amide bonds. The molecule has 0 aliphatic carbocycles. The number of H-pyrrole nitrogens is 1. The number of phenols is 1. The van der Waals surface area contributed by atoms with Crippen LogP contribution in [0.4, 0.5) is 0 Å². The fraction of sp³-hybridized carbons (Fsp3) is 0. The number of halogens is 1. The van der Waals surface area contributed by atoms with Crippen LogP contribution < -0.4 is 5.56 Å². The molecule has 0 aliphatic rings. The van der Waals surface area contributed by atoms with E-state index in [1.807, 2.05) is 0 Å². The van der Waals surface area contributed by atoms with Gasteiger partial charge in [0.1, 0.15) is 23.1 Å². The van der Waals surface area contributed by atoms with Gasteiger partial charge in [-0.15, -0.1) is 0 Å². The Morgan fingerprint density at radius 3 is 2.96 bits per heavy atom. The van der Waals surface area contributed by atoms with Crippen molar-refractivity contribution >= 4 is 39.8 Å². The second-order valence-corrected chi connectivity index (χ2v) is 5.71. The van der Waals surface area contributed by atoms with E-state index >= 15 is 0 Å². The summed E-state index contributed by atoms with van der Waals surface area (Å²) in [6, 6.07) is 11.9. The van der Waals surface area contributed by atoms with E-state index in [4.69, 9.17) is 11.6 Å². The largest absolute Gasteiger partial charge is 0.508 e. The predicted molar refractivity (Wildman–Crippen MR) is 94.0 cm³/mol. The van der Waals surface area contributed by atoms with Gasteiger partial charge in [0.05, 0.1) is 6.21 Å². The highest BCUT2D eigenvalue weighted by Gasteiger charge is 2.10. The Hall–Kier alpha value is -3.12. The first-order chi connectivity index (χ1) is 11.6. The number of rotatable bonds is 2. The van der Waals surface area contributed by atoms with Gasteiger partial charge in [0.25, 0.3) is 5.56 Å². The molecule has 2 aromatic carbocycles. The van der Waals surface area contributed by atoms with E-state index in [0.717, 1.165) is 15.6 Å². The molecule has 0 bridgehead atoms. The number of nitrogens with zero attached hydrogens (tertiary/aromatic N) is 3. The van der Waals surface area contributed by atoms with Gasteiger partial charge in [0.2, 0.25) is 0 Å².